The number of nitrogens with zero attached hydrogens (tertiary/aromatic N) is 5. The lowest BCUT2D eigenvalue weighted by atomic mass is 10.2. The van der Waals surface area contributed by atoms with Crippen molar-refractivity contribution in [3.63, 3.8) is 0 Å². The first-order chi connectivity index (χ1) is 16.4. The highest BCUT2D eigenvalue weighted by atomic mass is 32.2. The monoisotopic (exact) mass is 501 g/mol. The second-order valence-electron chi connectivity index (χ2n) is 8.54. The first-order valence-corrected chi connectivity index (χ1v) is 13.2. The summed E-state index contributed by atoms with van der Waals surface area (Å²) in [5, 5.41) is 0.883. The average molecular weight is 502 g/mol. The molecule has 3 aliphatic heterocycles. The number of hydrogen-bond acceptors (Lipinski definition) is 9. The van der Waals surface area contributed by atoms with Gasteiger partial charge in [-0.3, -0.25) is 4.79 Å². The summed E-state index contributed by atoms with van der Waals surface area (Å²) in [4.78, 5) is 42.7. The van der Waals surface area contributed by atoms with Gasteiger partial charge in [-0.25, -0.2) is 19.7 Å². The number of methoxy groups -OCH3 is 1. The molecule has 5 heterocycles. The van der Waals surface area contributed by atoms with Crippen LogP contribution in [-0.2, 0) is 14.3 Å². The quantitative estimate of drug-likeness (QED) is 0.630. The molecule has 1 fully saturated rings. The van der Waals surface area contributed by atoms with Crippen LogP contribution in [0.1, 0.15) is 5.69 Å². The Hall–Kier alpha value is -2.34. The Kier molecular flexibility index (Phi) is 6.70. The van der Waals surface area contributed by atoms with Gasteiger partial charge in [-0.05, 0) is 38.2 Å². The third-order valence-corrected chi connectivity index (χ3v) is 8.77. The van der Waals surface area contributed by atoms with Gasteiger partial charge in [0.15, 0.2) is 5.65 Å². The molecule has 1 saturated heterocycles. The van der Waals surface area contributed by atoms with Crippen molar-refractivity contribution >= 4 is 52.4 Å². The summed E-state index contributed by atoms with van der Waals surface area (Å²) in [6.45, 7) is 4.65. The molecule has 0 aromatic carbocycles. The van der Waals surface area contributed by atoms with E-state index < -0.39 is 12.3 Å². The number of anilines is 1. The minimum Gasteiger partial charge on any atom is -0.420 e. The van der Waals surface area contributed by atoms with Crippen molar-refractivity contribution in [3.8, 4) is 0 Å². The Balaban J connectivity index is 1.48. The van der Waals surface area contributed by atoms with Crippen molar-refractivity contribution in [2.24, 2.45) is 0 Å². The average Bonchev–Trinajstić information content (AvgIpc) is 2.97. The van der Waals surface area contributed by atoms with Gasteiger partial charge in [-0.15, -0.1) is 23.5 Å². The van der Waals surface area contributed by atoms with Crippen LogP contribution in [0.5, 0.6) is 0 Å². The molecule has 34 heavy (non-hydrogen) atoms. The zero-order valence-electron chi connectivity index (χ0n) is 19.4. The van der Waals surface area contributed by atoms with Gasteiger partial charge < -0.3 is 19.3 Å². The molecule has 180 valence electrons. The number of ether oxygens (including phenoxy) is 2. The van der Waals surface area contributed by atoms with E-state index in [1.807, 2.05) is 32.2 Å². The van der Waals surface area contributed by atoms with Crippen LogP contribution in [0, 0.1) is 6.92 Å². The van der Waals surface area contributed by atoms with Crippen molar-refractivity contribution in [3.05, 3.63) is 39.8 Å². The molecule has 0 spiro atoms. The van der Waals surface area contributed by atoms with Gasteiger partial charge in [-0.1, -0.05) is 0 Å². The molecular weight excluding hydrogens is 474 g/mol. The minimum absolute atomic E-state index is 0.0156. The molecule has 0 saturated carbocycles. The van der Waals surface area contributed by atoms with E-state index in [1.165, 1.54) is 28.4 Å². The lowest BCUT2D eigenvalue weighted by Gasteiger charge is -2.34. The van der Waals surface area contributed by atoms with E-state index in [2.05, 4.69) is 14.9 Å². The van der Waals surface area contributed by atoms with Crippen molar-refractivity contribution in [2.45, 2.75) is 19.3 Å². The topological polar surface area (TPSA) is 88.1 Å². The van der Waals surface area contributed by atoms with Crippen LogP contribution in [-0.4, -0.2) is 95.9 Å². The number of rotatable bonds is 3. The van der Waals surface area contributed by atoms with Crippen molar-refractivity contribution in [1.82, 2.24) is 19.8 Å². The molecule has 3 aliphatic rings. The van der Waals surface area contributed by atoms with Crippen LogP contribution in [0.4, 0.5) is 10.6 Å². The highest BCUT2D eigenvalue weighted by Crippen LogP contribution is 2.45. The number of aromatic nitrogens is 2. The summed E-state index contributed by atoms with van der Waals surface area (Å²) in [5.74, 6) is 1.55. The first kappa shape index (κ1) is 23.4. The number of hydrogen-bond donors (Lipinski definition) is 0. The van der Waals surface area contributed by atoms with Gasteiger partial charge in [0, 0.05) is 55.9 Å². The van der Waals surface area contributed by atoms with Crippen LogP contribution in [0.25, 0.3) is 11.0 Å². The van der Waals surface area contributed by atoms with E-state index in [0.717, 1.165) is 29.1 Å². The van der Waals surface area contributed by atoms with Gasteiger partial charge in [0.1, 0.15) is 5.82 Å². The second-order valence-corrected chi connectivity index (χ2v) is 10.6. The molecule has 0 bridgehead atoms. The van der Waals surface area contributed by atoms with Crippen LogP contribution in [0.2, 0.25) is 0 Å². The Bertz CT molecular complexity index is 1150. The second kappa shape index (κ2) is 9.73. The fourth-order valence-electron chi connectivity index (χ4n) is 4.07. The lowest BCUT2D eigenvalue weighted by molar-refractivity contribution is -0.115. The maximum atomic E-state index is 13.6. The Labute approximate surface area is 206 Å². The number of pyridine rings is 2. The SMILES string of the molecule is COC1CSC2=C(SC1)C(OC(=O)N1CCN(C)CC1)N(c1ccc3ccc(C)nc3n1)C2=O. The first-order valence-electron chi connectivity index (χ1n) is 11.2. The van der Waals surface area contributed by atoms with Gasteiger partial charge in [0.05, 0.1) is 15.9 Å². The smallest absolute Gasteiger partial charge is 0.412 e. The molecule has 2 aromatic heterocycles. The van der Waals surface area contributed by atoms with E-state index in [4.69, 9.17) is 9.47 Å². The maximum Gasteiger partial charge on any atom is 0.412 e. The number of fused-ring (bicyclic) bond motifs is 1. The predicted molar refractivity (Wildman–Crippen MR) is 134 cm³/mol. The Morgan fingerprint density at radius 1 is 1.06 bits per heavy atom. The molecule has 11 heteroatoms. The predicted octanol–water partition coefficient (Wildman–Crippen LogP) is 2.70. The van der Waals surface area contributed by atoms with Crippen LogP contribution in [0.15, 0.2) is 34.1 Å². The Morgan fingerprint density at radius 2 is 1.79 bits per heavy atom. The zero-order valence-corrected chi connectivity index (χ0v) is 21.0. The third kappa shape index (κ3) is 4.49. The molecule has 2 aromatic rings. The molecule has 9 nitrogen and oxygen atoms in total. The molecular formula is C23H27N5O4S2. The van der Waals surface area contributed by atoms with Crippen molar-refractivity contribution in [1.29, 1.82) is 0 Å². The molecule has 5 rings (SSSR count). The summed E-state index contributed by atoms with van der Waals surface area (Å²) in [7, 11) is 3.71. The fraction of sp³-hybridized carbons (Fsp3) is 0.478. The van der Waals surface area contributed by atoms with Gasteiger partial charge >= 0.3 is 6.09 Å². The third-order valence-electron chi connectivity index (χ3n) is 6.16. The van der Waals surface area contributed by atoms with Gasteiger partial charge in [0.25, 0.3) is 5.91 Å². The van der Waals surface area contributed by atoms with Gasteiger partial charge in [-0.2, -0.15) is 0 Å². The van der Waals surface area contributed by atoms with E-state index in [0.29, 0.717) is 41.0 Å². The molecule has 0 radical (unpaired) electrons. The number of thioether (sulfide) groups is 2. The standard InChI is InChI=1S/C23H27N5O4S2/c1-14-4-5-15-6-7-17(25-20(15)24-14)28-21(29)18-19(34-13-16(31-3)12-33-18)22(28)32-23(30)27-10-8-26(2)9-11-27/h4-7,16,22H,8-13H2,1-3H3. The van der Waals surface area contributed by atoms with E-state index in [1.54, 1.807) is 18.1 Å². The highest BCUT2D eigenvalue weighted by molar-refractivity contribution is 8.08. The molecule has 2 unspecified atom stereocenters. The number of aryl methyl sites for hydroxylation is 1. The zero-order chi connectivity index (χ0) is 23.8. The van der Waals surface area contributed by atoms with Crippen LogP contribution >= 0.6 is 23.5 Å². The molecule has 2 amide bonds. The number of carbonyl (C=O) groups excluding carboxylic acids is 2. The summed E-state index contributed by atoms with van der Waals surface area (Å²) in [6, 6.07) is 7.55. The van der Waals surface area contributed by atoms with Crippen LogP contribution < -0.4 is 4.90 Å². The van der Waals surface area contributed by atoms with E-state index >= 15 is 0 Å². The normalized spacial score (nSPS) is 23.9. The summed E-state index contributed by atoms with van der Waals surface area (Å²) in [6.07, 6.45) is -1.27. The number of amides is 2. The maximum absolute atomic E-state index is 13.6. The number of carbonyl (C=O) groups is 2. The number of likely N-dealkylation sites (N-methyl/N-ethyl adjacent to an activating group) is 1. The van der Waals surface area contributed by atoms with Crippen molar-refractivity contribution in [2.75, 3.05) is 56.7 Å². The summed E-state index contributed by atoms with van der Waals surface area (Å²) in [5.41, 5.74) is 1.39. The molecule has 0 N–H and O–H groups in total. The van der Waals surface area contributed by atoms with Crippen LogP contribution in [0.3, 0.4) is 0 Å². The van der Waals surface area contributed by atoms with Crippen molar-refractivity contribution < 1.29 is 19.1 Å². The fourth-order valence-corrected chi connectivity index (χ4v) is 6.78. The Morgan fingerprint density at radius 3 is 2.56 bits per heavy atom. The molecule has 2 atom stereocenters. The largest absolute Gasteiger partial charge is 0.420 e. The summed E-state index contributed by atoms with van der Waals surface area (Å²) >= 11 is 2.97. The minimum atomic E-state index is -0.863. The summed E-state index contributed by atoms with van der Waals surface area (Å²) < 4.78 is 11.6. The van der Waals surface area contributed by atoms with Gasteiger partial charge in [0.2, 0.25) is 6.23 Å². The van der Waals surface area contributed by atoms with E-state index in [9.17, 15) is 9.59 Å². The molecule has 0 aliphatic carbocycles. The lowest BCUT2D eigenvalue weighted by Crippen LogP contribution is -2.49. The number of piperazine rings is 1. The van der Waals surface area contributed by atoms with E-state index in [-0.39, 0.29) is 12.0 Å². The highest BCUT2D eigenvalue weighted by Gasteiger charge is 2.46.